The summed E-state index contributed by atoms with van der Waals surface area (Å²) < 4.78 is 33.1. The normalized spacial score (nSPS) is 26.4. The van der Waals surface area contributed by atoms with Gasteiger partial charge in [-0.1, -0.05) is 0 Å². The number of morpholine rings is 1. The molecule has 1 saturated heterocycles. The summed E-state index contributed by atoms with van der Waals surface area (Å²) in [6.45, 7) is 1.16. The lowest BCUT2D eigenvalue weighted by atomic mass is 10.1. The molecule has 2 atom stereocenters. The number of hydrogen-bond acceptors (Lipinski definition) is 4. The first-order valence-corrected chi connectivity index (χ1v) is 6.62. The molecule has 1 N–H and O–H groups in total. The third-order valence-corrected chi connectivity index (χ3v) is 3.90. The van der Waals surface area contributed by atoms with Crippen molar-refractivity contribution in [3.05, 3.63) is 17.7 Å². The topological polar surface area (TPSA) is 37.4 Å². The van der Waals surface area contributed by atoms with Crippen LogP contribution in [-0.2, 0) is 4.74 Å². The summed E-state index contributed by atoms with van der Waals surface area (Å²) in [5.74, 6) is -0.965. The highest BCUT2D eigenvalue weighted by molar-refractivity contribution is 5.50. The van der Waals surface area contributed by atoms with E-state index in [9.17, 15) is 8.78 Å². The van der Waals surface area contributed by atoms with Crippen LogP contribution in [0.15, 0.2) is 6.07 Å². The molecule has 104 valence electrons. The van der Waals surface area contributed by atoms with Gasteiger partial charge in [-0.15, -0.1) is 0 Å². The Bertz CT molecular complexity index is 483. The zero-order valence-electron chi connectivity index (χ0n) is 10.8. The molecule has 0 aromatic carbocycles. The molecule has 3 rings (SSSR count). The second-order valence-corrected chi connectivity index (χ2v) is 4.98. The second-order valence-electron chi connectivity index (χ2n) is 4.98. The molecule has 2 heterocycles. The molecule has 0 radical (unpaired) electrons. The van der Waals surface area contributed by atoms with Gasteiger partial charge < -0.3 is 15.0 Å². The fourth-order valence-corrected chi connectivity index (χ4v) is 3.02. The van der Waals surface area contributed by atoms with Crippen LogP contribution >= 0.6 is 0 Å². The van der Waals surface area contributed by atoms with Gasteiger partial charge in [-0.05, 0) is 19.3 Å². The Balaban J connectivity index is 1.96. The van der Waals surface area contributed by atoms with Gasteiger partial charge in [0.15, 0.2) is 23.3 Å². The van der Waals surface area contributed by atoms with Gasteiger partial charge in [0.1, 0.15) is 0 Å². The Hall–Kier alpha value is -1.43. The molecule has 1 aliphatic heterocycles. The van der Waals surface area contributed by atoms with Crippen molar-refractivity contribution in [3.8, 4) is 0 Å². The molecule has 0 amide bonds. The lowest BCUT2D eigenvalue weighted by Crippen LogP contribution is -2.49. The van der Waals surface area contributed by atoms with Gasteiger partial charge in [-0.2, -0.15) is 0 Å². The Labute approximate surface area is 110 Å². The van der Waals surface area contributed by atoms with Gasteiger partial charge in [-0.3, -0.25) is 0 Å². The number of rotatable bonds is 2. The van der Waals surface area contributed by atoms with Crippen LogP contribution in [0.5, 0.6) is 0 Å². The fraction of sp³-hybridized carbons (Fsp3) is 0.615. The third kappa shape index (κ3) is 2.14. The lowest BCUT2D eigenvalue weighted by molar-refractivity contribution is 0.0250. The molecule has 4 nitrogen and oxygen atoms in total. The number of anilines is 2. The van der Waals surface area contributed by atoms with E-state index in [2.05, 4.69) is 10.3 Å². The average molecular weight is 269 g/mol. The molecule has 2 aliphatic rings. The molecule has 6 heteroatoms. The summed E-state index contributed by atoms with van der Waals surface area (Å²) in [5, 5.41) is 2.65. The van der Waals surface area contributed by atoms with Crippen LogP contribution < -0.4 is 10.2 Å². The van der Waals surface area contributed by atoms with Crippen LogP contribution in [0.3, 0.4) is 0 Å². The number of nitrogens with one attached hydrogen (secondary N) is 1. The van der Waals surface area contributed by atoms with Gasteiger partial charge in [0, 0.05) is 19.7 Å². The number of fused-ring (bicyclic) bond motifs is 1. The number of nitrogens with zero attached hydrogens (tertiary/aromatic N) is 2. The van der Waals surface area contributed by atoms with Crippen molar-refractivity contribution in [1.82, 2.24) is 4.98 Å². The van der Waals surface area contributed by atoms with E-state index in [1.165, 1.54) is 0 Å². The molecular formula is C13H17F2N3O. The van der Waals surface area contributed by atoms with Crippen molar-refractivity contribution >= 4 is 11.6 Å². The zero-order valence-corrected chi connectivity index (χ0v) is 10.8. The lowest BCUT2D eigenvalue weighted by Gasteiger charge is -2.38. The highest BCUT2D eigenvalue weighted by Gasteiger charge is 2.37. The van der Waals surface area contributed by atoms with Crippen LogP contribution in [0.25, 0.3) is 0 Å². The molecule has 0 spiro atoms. The SMILES string of the molecule is CNc1nc(N2CCOC3CCCC32)c(F)cc1F. The van der Waals surface area contributed by atoms with E-state index in [-0.39, 0.29) is 23.8 Å². The molecule has 0 bridgehead atoms. The van der Waals surface area contributed by atoms with Gasteiger partial charge in [-0.25, -0.2) is 13.8 Å². The van der Waals surface area contributed by atoms with E-state index in [4.69, 9.17) is 4.74 Å². The predicted octanol–water partition coefficient (Wildman–Crippen LogP) is 2.16. The number of halogens is 2. The monoisotopic (exact) mass is 269 g/mol. The maximum absolute atomic E-state index is 14.0. The third-order valence-electron chi connectivity index (χ3n) is 3.90. The van der Waals surface area contributed by atoms with E-state index >= 15 is 0 Å². The molecule has 1 aliphatic carbocycles. The van der Waals surface area contributed by atoms with Crippen molar-refractivity contribution in [1.29, 1.82) is 0 Å². The number of hydrogen-bond donors (Lipinski definition) is 1. The van der Waals surface area contributed by atoms with Crippen LogP contribution in [0, 0.1) is 11.6 Å². The minimum Gasteiger partial charge on any atom is -0.374 e. The van der Waals surface area contributed by atoms with Gasteiger partial charge in [0.05, 0.1) is 18.8 Å². The molecule has 1 aromatic heterocycles. The smallest absolute Gasteiger partial charge is 0.168 e. The number of aromatic nitrogens is 1. The Morgan fingerprint density at radius 3 is 3.00 bits per heavy atom. The zero-order chi connectivity index (χ0) is 13.4. The summed E-state index contributed by atoms with van der Waals surface area (Å²) >= 11 is 0. The maximum Gasteiger partial charge on any atom is 0.168 e. The molecular weight excluding hydrogens is 252 g/mol. The van der Waals surface area contributed by atoms with Crippen LogP contribution in [0.2, 0.25) is 0 Å². The molecule has 2 unspecified atom stereocenters. The van der Waals surface area contributed by atoms with E-state index in [1.807, 2.05) is 4.90 Å². The fourth-order valence-electron chi connectivity index (χ4n) is 3.02. The molecule has 2 fully saturated rings. The minimum absolute atomic E-state index is 0.0810. The highest BCUT2D eigenvalue weighted by Crippen LogP contribution is 2.34. The van der Waals surface area contributed by atoms with Crippen molar-refractivity contribution in [2.24, 2.45) is 0 Å². The van der Waals surface area contributed by atoms with Gasteiger partial charge in [0.2, 0.25) is 0 Å². The summed E-state index contributed by atoms with van der Waals surface area (Å²) in [4.78, 5) is 6.01. The van der Waals surface area contributed by atoms with E-state index in [0.29, 0.717) is 13.2 Å². The van der Waals surface area contributed by atoms with E-state index < -0.39 is 11.6 Å². The first-order valence-electron chi connectivity index (χ1n) is 6.62. The van der Waals surface area contributed by atoms with Crippen LogP contribution in [0.1, 0.15) is 19.3 Å². The number of pyridine rings is 1. The summed E-state index contributed by atoms with van der Waals surface area (Å²) in [6.07, 6.45) is 3.20. The highest BCUT2D eigenvalue weighted by atomic mass is 19.1. The molecule has 19 heavy (non-hydrogen) atoms. The Kier molecular flexibility index (Phi) is 3.26. The van der Waals surface area contributed by atoms with Gasteiger partial charge >= 0.3 is 0 Å². The van der Waals surface area contributed by atoms with Crippen molar-refractivity contribution in [3.63, 3.8) is 0 Å². The average Bonchev–Trinajstić information content (AvgIpc) is 2.87. The first-order chi connectivity index (χ1) is 9.20. The maximum atomic E-state index is 14.0. The van der Waals surface area contributed by atoms with E-state index in [1.54, 1.807) is 7.05 Å². The first kappa shape index (κ1) is 12.6. The standard InChI is InChI=1S/C13H17F2N3O/c1-16-12-8(14)7-9(15)13(17-12)18-5-6-19-11-4-2-3-10(11)18/h7,10-11H,2-6H2,1H3,(H,16,17). The quantitative estimate of drug-likeness (QED) is 0.892. The second kappa shape index (κ2) is 4.92. The molecule has 1 aromatic rings. The Morgan fingerprint density at radius 2 is 2.21 bits per heavy atom. The predicted molar refractivity (Wildman–Crippen MR) is 68.4 cm³/mol. The summed E-state index contributed by atoms with van der Waals surface area (Å²) in [5.41, 5.74) is 0. The van der Waals surface area contributed by atoms with Crippen molar-refractivity contribution in [2.75, 3.05) is 30.4 Å². The van der Waals surface area contributed by atoms with E-state index in [0.717, 1.165) is 25.3 Å². The van der Waals surface area contributed by atoms with Gasteiger partial charge in [0.25, 0.3) is 0 Å². The molecule has 1 saturated carbocycles. The number of ether oxygens (including phenoxy) is 1. The largest absolute Gasteiger partial charge is 0.374 e. The van der Waals surface area contributed by atoms with Crippen LogP contribution in [0.4, 0.5) is 20.4 Å². The van der Waals surface area contributed by atoms with Crippen LogP contribution in [-0.4, -0.2) is 37.3 Å². The van der Waals surface area contributed by atoms with Crippen molar-refractivity contribution < 1.29 is 13.5 Å². The summed E-state index contributed by atoms with van der Waals surface area (Å²) in [7, 11) is 1.57. The summed E-state index contributed by atoms with van der Waals surface area (Å²) in [6, 6.07) is 1.05. The minimum atomic E-state index is -0.667. The van der Waals surface area contributed by atoms with Crippen molar-refractivity contribution in [2.45, 2.75) is 31.4 Å². The Morgan fingerprint density at radius 1 is 1.37 bits per heavy atom.